The molecule has 0 atom stereocenters. The molecule has 1 heterocycles. The lowest BCUT2D eigenvalue weighted by Crippen LogP contribution is -2.13. The number of nitrogens with one attached hydrogen (secondary N) is 2. The molecule has 10 heteroatoms. The normalized spacial score (nSPS) is 12.5. The third-order valence-electron chi connectivity index (χ3n) is 3.11. The Morgan fingerprint density at radius 3 is 2.50 bits per heavy atom. The standard InChI is InChI=1S/C14H9F4N3O2S/c15-8-2-1-3-10(6-8)24(22,23)21-9-4-5-11-12(7-9)20-13(19-11)14(16,17)18/h1-7,21H,(H,19,20). The molecule has 3 aromatic rings. The van der Waals surface area contributed by atoms with Gasteiger partial charge in [0.05, 0.1) is 21.6 Å². The minimum Gasteiger partial charge on any atom is -0.334 e. The molecule has 0 unspecified atom stereocenters. The third kappa shape index (κ3) is 3.18. The highest BCUT2D eigenvalue weighted by Gasteiger charge is 2.34. The van der Waals surface area contributed by atoms with E-state index in [0.717, 1.165) is 12.1 Å². The van der Waals surface area contributed by atoms with Gasteiger partial charge in [-0.15, -0.1) is 0 Å². The Morgan fingerprint density at radius 1 is 1.08 bits per heavy atom. The first-order chi connectivity index (χ1) is 11.1. The van der Waals surface area contributed by atoms with Crippen LogP contribution in [0.5, 0.6) is 0 Å². The lowest BCUT2D eigenvalue weighted by atomic mass is 10.3. The van der Waals surface area contributed by atoms with Gasteiger partial charge in [-0.2, -0.15) is 13.2 Å². The molecular formula is C14H9F4N3O2S. The van der Waals surface area contributed by atoms with Crippen molar-refractivity contribution < 1.29 is 26.0 Å². The maximum absolute atomic E-state index is 13.1. The molecule has 0 fully saturated rings. The van der Waals surface area contributed by atoms with Gasteiger partial charge in [-0.1, -0.05) is 6.07 Å². The molecule has 3 rings (SSSR count). The number of anilines is 1. The van der Waals surface area contributed by atoms with Crippen molar-refractivity contribution in [2.24, 2.45) is 0 Å². The fourth-order valence-electron chi connectivity index (χ4n) is 2.06. The van der Waals surface area contributed by atoms with Gasteiger partial charge in [-0.05, 0) is 36.4 Å². The Morgan fingerprint density at radius 2 is 1.83 bits per heavy atom. The second-order valence-electron chi connectivity index (χ2n) is 4.88. The largest absolute Gasteiger partial charge is 0.449 e. The highest BCUT2D eigenvalue weighted by atomic mass is 32.2. The van der Waals surface area contributed by atoms with E-state index in [2.05, 4.69) is 14.7 Å². The van der Waals surface area contributed by atoms with E-state index >= 15 is 0 Å². The van der Waals surface area contributed by atoms with Gasteiger partial charge in [0, 0.05) is 0 Å². The molecule has 0 aliphatic heterocycles. The topological polar surface area (TPSA) is 74.8 Å². The summed E-state index contributed by atoms with van der Waals surface area (Å²) >= 11 is 0. The van der Waals surface area contributed by atoms with Gasteiger partial charge in [0.15, 0.2) is 0 Å². The second kappa shape index (κ2) is 5.48. The quantitative estimate of drug-likeness (QED) is 0.703. The molecule has 0 aliphatic rings. The molecule has 0 saturated carbocycles. The van der Waals surface area contributed by atoms with E-state index in [9.17, 15) is 26.0 Å². The van der Waals surface area contributed by atoms with Crippen LogP contribution in [0.15, 0.2) is 47.4 Å². The van der Waals surface area contributed by atoms with Crippen LogP contribution in [-0.4, -0.2) is 18.4 Å². The molecule has 0 radical (unpaired) electrons. The van der Waals surface area contributed by atoms with E-state index in [1.807, 2.05) is 0 Å². The SMILES string of the molecule is O=S(=O)(Nc1ccc2nc(C(F)(F)F)[nH]c2c1)c1cccc(F)c1. The van der Waals surface area contributed by atoms with Gasteiger partial charge in [-0.25, -0.2) is 17.8 Å². The average Bonchev–Trinajstić information content (AvgIpc) is 2.90. The van der Waals surface area contributed by atoms with E-state index in [0.29, 0.717) is 0 Å². The number of halogens is 4. The number of nitrogens with zero attached hydrogens (tertiary/aromatic N) is 1. The lowest BCUT2D eigenvalue weighted by molar-refractivity contribution is -0.144. The molecule has 0 spiro atoms. The van der Waals surface area contributed by atoms with Gasteiger partial charge in [0.25, 0.3) is 10.0 Å². The van der Waals surface area contributed by atoms with Gasteiger partial charge >= 0.3 is 6.18 Å². The Labute approximate surface area is 133 Å². The maximum atomic E-state index is 13.1. The number of hydrogen-bond donors (Lipinski definition) is 2. The van der Waals surface area contributed by atoms with E-state index in [1.165, 1.54) is 30.3 Å². The molecule has 0 bridgehead atoms. The van der Waals surface area contributed by atoms with Crippen LogP contribution in [-0.2, 0) is 16.2 Å². The van der Waals surface area contributed by atoms with Crippen LogP contribution in [0.25, 0.3) is 11.0 Å². The van der Waals surface area contributed by atoms with E-state index in [4.69, 9.17) is 0 Å². The minimum absolute atomic E-state index is 0.0155. The predicted octanol–water partition coefficient (Wildman–Crippen LogP) is 3.52. The number of H-pyrrole nitrogens is 1. The molecule has 2 N–H and O–H groups in total. The number of hydrogen-bond acceptors (Lipinski definition) is 3. The number of rotatable bonds is 3. The van der Waals surface area contributed by atoms with Crippen LogP contribution in [0.1, 0.15) is 5.82 Å². The Bertz CT molecular complexity index is 1010. The number of imidazole rings is 1. The predicted molar refractivity (Wildman–Crippen MR) is 78.3 cm³/mol. The Kier molecular flexibility index (Phi) is 3.71. The summed E-state index contributed by atoms with van der Waals surface area (Å²) in [5, 5.41) is 0. The fraction of sp³-hybridized carbons (Fsp3) is 0.0714. The smallest absolute Gasteiger partial charge is 0.334 e. The zero-order chi connectivity index (χ0) is 17.5. The molecule has 1 aromatic heterocycles. The van der Waals surface area contributed by atoms with Crippen LogP contribution < -0.4 is 4.72 Å². The highest BCUT2D eigenvalue weighted by molar-refractivity contribution is 7.92. The van der Waals surface area contributed by atoms with Crippen molar-refractivity contribution in [3.63, 3.8) is 0 Å². The number of fused-ring (bicyclic) bond motifs is 1. The van der Waals surface area contributed by atoms with E-state index < -0.39 is 27.8 Å². The fourth-order valence-corrected chi connectivity index (χ4v) is 3.14. The first-order valence-corrected chi connectivity index (χ1v) is 7.99. The second-order valence-corrected chi connectivity index (χ2v) is 6.56. The molecular weight excluding hydrogens is 350 g/mol. The van der Waals surface area contributed by atoms with Crippen LogP contribution >= 0.6 is 0 Å². The summed E-state index contributed by atoms with van der Waals surface area (Å²) in [6.07, 6.45) is -4.64. The number of alkyl halides is 3. The van der Waals surface area contributed by atoms with Crippen LogP contribution in [0.4, 0.5) is 23.2 Å². The summed E-state index contributed by atoms with van der Waals surface area (Å²) in [5.41, 5.74) is 0.0712. The van der Waals surface area contributed by atoms with Crippen molar-refractivity contribution in [3.05, 3.63) is 54.1 Å². The Hall–Kier alpha value is -2.62. The number of sulfonamides is 1. The Balaban J connectivity index is 1.95. The van der Waals surface area contributed by atoms with Crippen molar-refractivity contribution >= 4 is 26.7 Å². The lowest BCUT2D eigenvalue weighted by Gasteiger charge is -2.08. The molecule has 2 aromatic carbocycles. The molecule has 0 saturated heterocycles. The van der Waals surface area contributed by atoms with Crippen molar-refractivity contribution in [3.8, 4) is 0 Å². The molecule has 5 nitrogen and oxygen atoms in total. The average molecular weight is 359 g/mol. The highest BCUT2D eigenvalue weighted by Crippen LogP contribution is 2.29. The number of aromatic nitrogens is 2. The molecule has 24 heavy (non-hydrogen) atoms. The minimum atomic E-state index is -4.64. The van der Waals surface area contributed by atoms with Gasteiger partial charge in [0.2, 0.25) is 5.82 Å². The molecule has 0 amide bonds. The van der Waals surface area contributed by atoms with Crippen LogP contribution in [0, 0.1) is 5.82 Å². The third-order valence-corrected chi connectivity index (χ3v) is 4.49. The van der Waals surface area contributed by atoms with Crippen molar-refractivity contribution in [2.45, 2.75) is 11.1 Å². The van der Waals surface area contributed by atoms with Gasteiger partial charge < -0.3 is 4.98 Å². The van der Waals surface area contributed by atoms with E-state index in [-0.39, 0.29) is 21.6 Å². The molecule has 126 valence electrons. The summed E-state index contributed by atoms with van der Waals surface area (Å²) < 4.78 is 77.5. The van der Waals surface area contributed by atoms with Crippen LogP contribution in [0.2, 0.25) is 0 Å². The van der Waals surface area contributed by atoms with Crippen molar-refractivity contribution in [2.75, 3.05) is 4.72 Å². The van der Waals surface area contributed by atoms with Crippen molar-refractivity contribution in [1.82, 2.24) is 9.97 Å². The summed E-state index contributed by atoms with van der Waals surface area (Å²) in [5.74, 6) is -1.90. The van der Waals surface area contributed by atoms with Crippen LogP contribution in [0.3, 0.4) is 0 Å². The summed E-state index contributed by atoms with van der Waals surface area (Å²) in [4.78, 5) is 5.16. The summed E-state index contributed by atoms with van der Waals surface area (Å²) in [6.45, 7) is 0. The number of benzene rings is 2. The molecule has 0 aliphatic carbocycles. The monoisotopic (exact) mass is 359 g/mol. The zero-order valence-electron chi connectivity index (χ0n) is 11.7. The van der Waals surface area contributed by atoms with E-state index in [1.54, 1.807) is 0 Å². The van der Waals surface area contributed by atoms with Gasteiger partial charge in [0.1, 0.15) is 5.82 Å². The van der Waals surface area contributed by atoms with Gasteiger partial charge in [-0.3, -0.25) is 4.72 Å². The maximum Gasteiger partial charge on any atom is 0.449 e. The first kappa shape index (κ1) is 16.2. The summed E-state index contributed by atoms with van der Waals surface area (Å²) in [6, 6.07) is 8.03. The summed E-state index contributed by atoms with van der Waals surface area (Å²) in [7, 11) is -4.07. The van der Waals surface area contributed by atoms with Crippen molar-refractivity contribution in [1.29, 1.82) is 0 Å². The number of aromatic amines is 1. The zero-order valence-corrected chi connectivity index (χ0v) is 12.5. The first-order valence-electron chi connectivity index (χ1n) is 6.50.